The van der Waals surface area contributed by atoms with Crippen molar-refractivity contribution in [1.82, 2.24) is 4.98 Å². The Balaban J connectivity index is 1.44. The lowest BCUT2D eigenvalue weighted by atomic mass is 9.77. The van der Waals surface area contributed by atoms with Crippen molar-refractivity contribution in [1.29, 1.82) is 0 Å². The van der Waals surface area contributed by atoms with E-state index in [1.807, 2.05) is 6.07 Å². The number of nitrogens with two attached hydrogens (primary N) is 1. The van der Waals surface area contributed by atoms with Gasteiger partial charge < -0.3 is 25.1 Å². The van der Waals surface area contributed by atoms with Gasteiger partial charge in [-0.05, 0) is 96.9 Å². The number of hydrogen-bond acceptors (Lipinski definition) is 8. The zero-order valence-electron chi connectivity index (χ0n) is 25.5. The molecule has 43 heavy (non-hydrogen) atoms. The van der Waals surface area contributed by atoms with Crippen LogP contribution in [0.4, 0.5) is 5.82 Å². The minimum absolute atomic E-state index is 0.0154. The number of ether oxygens (including phenoxy) is 3. The quantitative estimate of drug-likeness (QED) is 0.212. The minimum Gasteiger partial charge on any atom is -0.504 e. The van der Waals surface area contributed by atoms with Crippen LogP contribution in [0.15, 0.2) is 60.8 Å². The fourth-order valence-corrected chi connectivity index (χ4v) is 6.35. The fraction of sp³-hybridized carbons (Fsp3) is 0.457. The van der Waals surface area contributed by atoms with Gasteiger partial charge in [-0.25, -0.2) is 4.98 Å². The van der Waals surface area contributed by atoms with Gasteiger partial charge in [-0.15, -0.1) is 0 Å². The number of aromatic hydroxyl groups is 1. The first-order valence-corrected chi connectivity index (χ1v) is 15.2. The maximum Gasteiger partial charge on any atom is 0.302 e. The molecular formula is C35H44N2O6. The number of phenolic OH excluding ortho intramolecular Hbond substituents is 1. The number of aryl methyl sites for hydroxylation is 1. The van der Waals surface area contributed by atoms with E-state index in [0.29, 0.717) is 42.7 Å². The van der Waals surface area contributed by atoms with Crippen LogP contribution in [0.5, 0.6) is 11.5 Å². The minimum atomic E-state index is -0.452. The highest BCUT2D eigenvalue weighted by Gasteiger charge is 2.28. The predicted octanol–water partition coefficient (Wildman–Crippen LogP) is 6.67. The number of carbonyl (C=O) groups is 2. The SMILES string of the molecule is COc1cc(CCC(CC(CC2CCC(Cc3ccccc3)CC2)OC(C)=O)OC(C)=O)c(-c2ccnc(N)c2)cc1O. The van der Waals surface area contributed by atoms with E-state index < -0.39 is 6.10 Å². The van der Waals surface area contributed by atoms with E-state index in [4.69, 9.17) is 19.9 Å². The van der Waals surface area contributed by atoms with E-state index >= 15 is 0 Å². The van der Waals surface area contributed by atoms with Crippen LogP contribution in [0, 0.1) is 11.8 Å². The van der Waals surface area contributed by atoms with E-state index in [1.54, 1.807) is 24.4 Å². The van der Waals surface area contributed by atoms with Crippen LogP contribution < -0.4 is 10.5 Å². The average molecular weight is 589 g/mol. The highest BCUT2D eigenvalue weighted by Crippen LogP contribution is 2.37. The van der Waals surface area contributed by atoms with Crippen LogP contribution in [0.25, 0.3) is 11.1 Å². The van der Waals surface area contributed by atoms with Crippen LogP contribution >= 0.6 is 0 Å². The molecule has 230 valence electrons. The fourth-order valence-electron chi connectivity index (χ4n) is 6.35. The second kappa shape index (κ2) is 15.4. The number of hydrogen-bond donors (Lipinski definition) is 2. The van der Waals surface area contributed by atoms with Crippen LogP contribution in [0.2, 0.25) is 0 Å². The van der Waals surface area contributed by atoms with Gasteiger partial charge in [0.2, 0.25) is 0 Å². The maximum absolute atomic E-state index is 12.1. The van der Waals surface area contributed by atoms with Crippen molar-refractivity contribution >= 4 is 17.8 Å². The number of rotatable bonds is 13. The highest BCUT2D eigenvalue weighted by molar-refractivity contribution is 5.72. The van der Waals surface area contributed by atoms with Crippen molar-refractivity contribution in [3.05, 3.63) is 71.9 Å². The lowest BCUT2D eigenvalue weighted by Crippen LogP contribution is -2.29. The molecule has 1 aliphatic carbocycles. The molecule has 0 bridgehead atoms. The van der Waals surface area contributed by atoms with E-state index in [9.17, 15) is 14.7 Å². The molecule has 0 amide bonds. The second-order valence-corrected chi connectivity index (χ2v) is 11.7. The summed E-state index contributed by atoms with van der Waals surface area (Å²) in [7, 11) is 1.50. The summed E-state index contributed by atoms with van der Waals surface area (Å²) >= 11 is 0. The first-order chi connectivity index (χ1) is 20.7. The molecule has 2 atom stereocenters. The Hall–Kier alpha value is -4.07. The lowest BCUT2D eigenvalue weighted by Gasteiger charge is -2.32. The molecule has 3 N–H and O–H groups in total. The van der Waals surface area contributed by atoms with Crippen molar-refractivity contribution in [3.8, 4) is 22.6 Å². The lowest BCUT2D eigenvalue weighted by molar-refractivity contribution is -0.153. The number of methoxy groups -OCH3 is 1. The third kappa shape index (κ3) is 9.73. The first kappa shape index (κ1) is 31.9. The van der Waals surface area contributed by atoms with E-state index in [1.165, 1.54) is 26.5 Å². The summed E-state index contributed by atoms with van der Waals surface area (Å²) in [6.45, 7) is 2.83. The monoisotopic (exact) mass is 588 g/mol. The standard InChI is InChI=1S/C35H44N2O6/c1-23(38)42-30(14-13-28-19-34(41-3)33(40)22-32(28)29-15-16-37-35(36)20-29)21-31(43-24(2)39)18-27-11-9-26(10-12-27)17-25-7-5-4-6-8-25/h4-8,15-16,19-20,22,26-27,30-31,40H,9-14,17-18,21H2,1-3H3,(H2,36,37). The summed E-state index contributed by atoms with van der Waals surface area (Å²) in [4.78, 5) is 28.3. The van der Waals surface area contributed by atoms with E-state index in [2.05, 4.69) is 35.3 Å². The Kier molecular flexibility index (Phi) is 11.4. The predicted molar refractivity (Wildman–Crippen MR) is 167 cm³/mol. The molecule has 0 saturated heterocycles. The van der Waals surface area contributed by atoms with Crippen molar-refractivity contribution < 1.29 is 28.9 Å². The van der Waals surface area contributed by atoms with Gasteiger partial charge in [0.1, 0.15) is 18.0 Å². The average Bonchev–Trinajstić information content (AvgIpc) is 2.97. The number of phenols is 1. The molecule has 1 saturated carbocycles. The summed E-state index contributed by atoms with van der Waals surface area (Å²) in [5.74, 6) is 1.16. The molecule has 1 aliphatic rings. The van der Waals surface area contributed by atoms with Crippen molar-refractivity contribution in [2.45, 2.75) is 83.8 Å². The molecule has 1 heterocycles. The zero-order chi connectivity index (χ0) is 30.8. The Morgan fingerprint density at radius 3 is 2.28 bits per heavy atom. The molecule has 2 aromatic carbocycles. The maximum atomic E-state index is 12.1. The van der Waals surface area contributed by atoms with Crippen molar-refractivity contribution in [3.63, 3.8) is 0 Å². The van der Waals surface area contributed by atoms with Gasteiger partial charge >= 0.3 is 11.9 Å². The van der Waals surface area contributed by atoms with Crippen LogP contribution in [-0.2, 0) is 31.9 Å². The molecule has 0 spiro atoms. The third-order valence-electron chi connectivity index (χ3n) is 8.35. The summed E-state index contributed by atoms with van der Waals surface area (Å²) in [5.41, 5.74) is 9.82. The number of anilines is 1. The number of aromatic nitrogens is 1. The number of carbonyl (C=O) groups excluding carboxylic acids is 2. The summed E-state index contributed by atoms with van der Waals surface area (Å²) in [6.07, 6.45) is 8.65. The number of pyridine rings is 1. The Morgan fingerprint density at radius 2 is 1.63 bits per heavy atom. The van der Waals surface area contributed by atoms with Gasteiger partial charge in [-0.3, -0.25) is 9.59 Å². The molecule has 3 aromatic rings. The highest BCUT2D eigenvalue weighted by atomic mass is 16.6. The summed E-state index contributed by atoms with van der Waals surface area (Å²) in [5, 5.41) is 10.5. The van der Waals surface area contributed by atoms with Gasteiger partial charge in [0, 0.05) is 26.5 Å². The normalized spacial score (nSPS) is 17.9. The Morgan fingerprint density at radius 1 is 0.953 bits per heavy atom. The van der Waals surface area contributed by atoms with Gasteiger partial charge in [0.15, 0.2) is 11.5 Å². The number of nitrogens with zero attached hydrogens (tertiary/aromatic N) is 1. The Labute approximate surface area is 254 Å². The molecule has 0 radical (unpaired) electrons. The first-order valence-electron chi connectivity index (χ1n) is 15.2. The third-order valence-corrected chi connectivity index (χ3v) is 8.35. The summed E-state index contributed by atoms with van der Waals surface area (Å²) in [6, 6.07) is 17.7. The molecular weight excluding hydrogens is 544 g/mol. The van der Waals surface area contributed by atoms with Gasteiger partial charge in [0.05, 0.1) is 7.11 Å². The van der Waals surface area contributed by atoms with E-state index in [0.717, 1.165) is 55.2 Å². The largest absolute Gasteiger partial charge is 0.504 e. The van der Waals surface area contributed by atoms with Gasteiger partial charge in [-0.1, -0.05) is 43.2 Å². The molecule has 8 nitrogen and oxygen atoms in total. The van der Waals surface area contributed by atoms with Crippen molar-refractivity contribution in [2.24, 2.45) is 11.8 Å². The second-order valence-electron chi connectivity index (χ2n) is 11.7. The van der Waals surface area contributed by atoms with E-state index in [-0.39, 0.29) is 23.8 Å². The molecule has 1 aromatic heterocycles. The number of nitrogen functional groups attached to an aromatic ring is 1. The topological polar surface area (TPSA) is 121 Å². The molecule has 8 heteroatoms. The number of esters is 2. The smallest absolute Gasteiger partial charge is 0.302 e. The number of benzene rings is 2. The molecule has 2 unspecified atom stereocenters. The molecule has 1 fully saturated rings. The van der Waals surface area contributed by atoms with Gasteiger partial charge in [0.25, 0.3) is 0 Å². The molecule has 0 aliphatic heterocycles. The Bertz CT molecular complexity index is 1350. The van der Waals surface area contributed by atoms with Crippen LogP contribution in [-0.4, -0.2) is 41.3 Å². The van der Waals surface area contributed by atoms with Gasteiger partial charge in [-0.2, -0.15) is 0 Å². The summed E-state index contributed by atoms with van der Waals surface area (Å²) < 4.78 is 16.9. The zero-order valence-corrected chi connectivity index (χ0v) is 25.5. The van der Waals surface area contributed by atoms with Crippen molar-refractivity contribution in [2.75, 3.05) is 12.8 Å². The van der Waals surface area contributed by atoms with Crippen LogP contribution in [0.1, 0.15) is 69.9 Å². The van der Waals surface area contributed by atoms with Crippen LogP contribution in [0.3, 0.4) is 0 Å². The molecule has 4 rings (SSSR count).